The predicted octanol–water partition coefficient (Wildman–Crippen LogP) is 3.15. The Morgan fingerprint density at radius 1 is 1.31 bits per heavy atom. The van der Waals surface area contributed by atoms with Gasteiger partial charge in [-0.15, -0.1) is 0 Å². The van der Waals surface area contributed by atoms with Gasteiger partial charge in [-0.2, -0.15) is 15.0 Å². The molecule has 0 amide bonds. The van der Waals surface area contributed by atoms with Crippen LogP contribution in [0.5, 0.6) is 0 Å². The Labute approximate surface area is 97.5 Å². The molecule has 16 heavy (non-hydrogen) atoms. The van der Waals surface area contributed by atoms with Crippen LogP contribution in [-0.2, 0) is 7.05 Å². The largest absolute Gasteiger partial charge is 0.187 e. The van der Waals surface area contributed by atoms with E-state index >= 15 is 0 Å². The number of hydrogen-bond donors (Lipinski definition) is 0. The molecular weight excluding hydrogens is 198 g/mol. The highest BCUT2D eigenvalue weighted by Crippen LogP contribution is 2.11. The van der Waals surface area contributed by atoms with Crippen LogP contribution in [0.25, 0.3) is 5.57 Å². The van der Waals surface area contributed by atoms with E-state index < -0.39 is 0 Å². The number of hydrogen-bond acceptors (Lipinski definition) is 2. The van der Waals surface area contributed by atoms with Crippen LogP contribution in [0.4, 0.5) is 0 Å². The molecule has 0 radical (unpaired) electrons. The standard InChI is InChI=1S/C11H13N3.C2H6/c1-4-6-8-10(7-5-2)11-9-12-14(3)13-11;1-2/h4-9H,1-2H2,3H3;1-2H3/b8-6-,10-7+;. The van der Waals surface area contributed by atoms with Gasteiger partial charge < -0.3 is 0 Å². The molecule has 0 aliphatic carbocycles. The van der Waals surface area contributed by atoms with Gasteiger partial charge >= 0.3 is 0 Å². The molecule has 0 atom stereocenters. The summed E-state index contributed by atoms with van der Waals surface area (Å²) >= 11 is 0. The van der Waals surface area contributed by atoms with Crippen molar-refractivity contribution in [3.05, 3.63) is 55.4 Å². The average Bonchev–Trinajstić information content (AvgIpc) is 2.74. The zero-order valence-corrected chi connectivity index (χ0v) is 10.2. The molecule has 3 nitrogen and oxygen atoms in total. The number of rotatable bonds is 4. The van der Waals surface area contributed by atoms with E-state index in [1.54, 1.807) is 25.4 Å². The zero-order chi connectivity index (χ0) is 12.4. The molecule has 0 saturated carbocycles. The van der Waals surface area contributed by atoms with Crippen LogP contribution >= 0.6 is 0 Å². The molecule has 1 rings (SSSR count). The Kier molecular flexibility index (Phi) is 7.41. The van der Waals surface area contributed by atoms with Crippen molar-refractivity contribution in [2.24, 2.45) is 7.05 Å². The second-order valence-corrected chi connectivity index (χ2v) is 2.67. The van der Waals surface area contributed by atoms with Gasteiger partial charge in [0.1, 0.15) is 5.69 Å². The fourth-order valence-corrected chi connectivity index (χ4v) is 1.00. The van der Waals surface area contributed by atoms with Crippen LogP contribution in [0, 0.1) is 0 Å². The van der Waals surface area contributed by atoms with Crippen molar-refractivity contribution in [2.45, 2.75) is 13.8 Å². The summed E-state index contributed by atoms with van der Waals surface area (Å²) in [5, 5.41) is 8.19. The molecule has 0 aliphatic rings. The smallest absolute Gasteiger partial charge is 0.113 e. The van der Waals surface area contributed by atoms with Crippen LogP contribution in [0.15, 0.2) is 49.7 Å². The average molecular weight is 217 g/mol. The third-order valence-corrected chi connectivity index (χ3v) is 1.60. The molecule has 1 aromatic rings. The van der Waals surface area contributed by atoms with Crippen LogP contribution in [0.3, 0.4) is 0 Å². The highest BCUT2D eigenvalue weighted by Gasteiger charge is 2.00. The van der Waals surface area contributed by atoms with E-state index in [0.29, 0.717) is 0 Å². The van der Waals surface area contributed by atoms with Gasteiger partial charge in [0.05, 0.1) is 6.20 Å². The molecule has 86 valence electrons. The molecule has 0 spiro atoms. The summed E-state index contributed by atoms with van der Waals surface area (Å²) in [7, 11) is 1.78. The molecule has 0 N–H and O–H groups in total. The highest BCUT2D eigenvalue weighted by molar-refractivity contribution is 5.72. The highest BCUT2D eigenvalue weighted by atomic mass is 15.4. The van der Waals surface area contributed by atoms with Gasteiger partial charge in [0.2, 0.25) is 0 Å². The minimum absolute atomic E-state index is 0.825. The second-order valence-electron chi connectivity index (χ2n) is 2.67. The van der Waals surface area contributed by atoms with Crippen LogP contribution in [0.1, 0.15) is 19.5 Å². The Morgan fingerprint density at radius 2 is 2.00 bits per heavy atom. The molecule has 3 heteroatoms. The van der Waals surface area contributed by atoms with E-state index in [1.807, 2.05) is 32.1 Å². The topological polar surface area (TPSA) is 30.7 Å². The predicted molar refractivity (Wildman–Crippen MR) is 69.9 cm³/mol. The van der Waals surface area contributed by atoms with Crippen molar-refractivity contribution in [1.82, 2.24) is 15.0 Å². The van der Waals surface area contributed by atoms with E-state index in [1.165, 1.54) is 4.80 Å². The zero-order valence-electron chi connectivity index (χ0n) is 10.2. The fraction of sp³-hybridized carbons (Fsp3) is 0.231. The molecule has 0 bridgehead atoms. The van der Waals surface area contributed by atoms with Crippen LogP contribution in [0.2, 0.25) is 0 Å². The Hall–Kier alpha value is -1.90. The summed E-state index contributed by atoms with van der Waals surface area (Å²) in [6.07, 6.45) is 10.8. The SMILES string of the molecule is C=C/C=C\C(=C/C=C)c1cnn(C)n1.CC. The van der Waals surface area contributed by atoms with Gasteiger partial charge in [-0.3, -0.25) is 0 Å². The Morgan fingerprint density at radius 3 is 2.44 bits per heavy atom. The summed E-state index contributed by atoms with van der Waals surface area (Å²) in [6, 6.07) is 0. The first-order valence-electron chi connectivity index (χ1n) is 5.26. The molecule has 0 saturated heterocycles. The summed E-state index contributed by atoms with van der Waals surface area (Å²) in [5.74, 6) is 0. The number of nitrogens with zero attached hydrogens (tertiary/aromatic N) is 3. The lowest BCUT2D eigenvalue weighted by Gasteiger charge is -1.93. The lowest BCUT2D eigenvalue weighted by molar-refractivity contribution is 0.652. The number of aromatic nitrogens is 3. The first-order valence-corrected chi connectivity index (χ1v) is 5.26. The number of aryl methyl sites for hydroxylation is 1. The van der Waals surface area contributed by atoms with Gasteiger partial charge in [0.25, 0.3) is 0 Å². The first kappa shape index (κ1) is 14.1. The van der Waals surface area contributed by atoms with E-state index in [9.17, 15) is 0 Å². The van der Waals surface area contributed by atoms with Crippen molar-refractivity contribution in [2.75, 3.05) is 0 Å². The lowest BCUT2D eigenvalue weighted by atomic mass is 10.1. The van der Waals surface area contributed by atoms with Crippen LogP contribution < -0.4 is 0 Å². The van der Waals surface area contributed by atoms with Gasteiger partial charge in [0.15, 0.2) is 0 Å². The molecule has 1 aromatic heterocycles. The molecule has 1 heterocycles. The van der Waals surface area contributed by atoms with Crippen LogP contribution in [-0.4, -0.2) is 15.0 Å². The first-order chi connectivity index (χ1) is 7.77. The molecule has 0 unspecified atom stereocenters. The molecule has 0 fully saturated rings. The van der Waals surface area contributed by atoms with E-state index in [4.69, 9.17) is 0 Å². The van der Waals surface area contributed by atoms with Crippen molar-refractivity contribution >= 4 is 5.57 Å². The molecular formula is C13H19N3. The van der Waals surface area contributed by atoms with Gasteiger partial charge in [0, 0.05) is 12.6 Å². The number of allylic oxidation sites excluding steroid dienone is 6. The minimum atomic E-state index is 0.825. The third kappa shape index (κ3) is 4.55. The second kappa shape index (κ2) is 8.41. The lowest BCUT2D eigenvalue weighted by Crippen LogP contribution is -1.92. The summed E-state index contributed by atoms with van der Waals surface area (Å²) in [6.45, 7) is 11.3. The maximum Gasteiger partial charge on any atom is 0.113 e. The van der Waals surface area contributed by atoms with E-state index in [0.717, 1.165) is 11.3 Å². The van der Waals surface area contributed by atoms with Crippen molar-refractivity contribution in [1.29, 1.82) is 0 Å². The van der Waals surface area contributed by atoms with Gasteiger partial charge in [-0.05, 0) is 0 Å². The molecule has 0 aromatic carbocycles. The maximum absolute atomic E-state index is 4.19. The fourth-order valence-electron chi connectivity index (χ4n) is 1.00. The Bertz CT molecular complexity index is 384. The quantitative estimate of drug-likeness (QED) is 0.725. The third-order valence-electron chi connectivity index (χ3n) is 1.60. The summed E-state index contributed by atoms with van der Waals surface area (Å²) < 4.78 is 0. The summed E-state index contributed by atoms with van der Waals surface area (Å²) in [5.41, 5.74) is 1.79. The van der Waals surface area contributed by atoms with E-state index in [-0.39, 0.29) is 0 Å². The molecule has 0 aliphatic heterocycles. The summed E-state index contributed by atoms with van der Waals surface area (Å²) in [4.78, 5) is 1.52. The van der Waals surface area contributed by atoms with Gasteiger partial charge in [-0.25, -0.2) is 0 Å². The maximum atomic E-state index is 4.19. The normalized spacial score (nSPS) is 10.8. The minimum Gasteiger partial charge on any atom is -0.187 e. The van der Waals surface area contributed by atoms with E-state index in [2.05, 4.69) is 23.4 Å². The van der Waals surface area contributed by atoms with Crippen molar-refractivity contribution in [3.63, 3.8) is 0 Å². The van der Waals surface area contributed by atoms with Crippen molar-refractivity contribution in [3.8, 4) is 0 Å². The van der Waals surface area contributed by atoms with Gasteiger partial charge in [-0.1, -0.05) is 57.4 Å². The monoisotopic (exact) mass is 217 g/mol. The Balaban J connectivity index is 0.00000106. The van der Waals surface area contributed by atoms with Crippen molar-refractivity contribution < 1.29 is 0 Å².